The quantitative estimate of drug-likeness (QED) is 0.911. The highest BCUT2D eigenvalue weighted by molar-refractivity contribution is 5.94. The van der Waals surface area contributed by atoms with Gasteiger partial charge in [-0.05, 0) is 68.1 Å². The van der Waals surface area contributed by atoms with Gasteiger partial charge in [0, 0.05) is 24.0 Å². The highest BCUT2D eigenvalue weighted by Crippen LogP contribution is 2.22. The van der Waals surface area contributed by atoms with Crippen molar-refractivity contribution in [3.8, 4) is 5.75 Å². The lowest BCUT2D eigenvalue weighted by Gasteiger charge is -2.10. The summed E-state index contributed by atoms with van der Waals surface area (Å²) in [5, 5.41) is 12.6. The molecule has 0 saturated carbocycles. The van der Waals surface area contributed by atoms with Crippen molar-refractivity contribution in [2.45, 2.75) is 34.2 Å². The van der Waals surface area contributed by atoms with Crippen LogP contribution in [0.5, 0.6) is 5.75 Å². The number of aryl methyl sites for hydroxylation is 4. The molecule has 0 aliphatic rings. The Morgan fingerprint density at radius 3 is 2.29 bits per heavy atom. The van der Waals surface area contributed by atoms with Crippen LogP contribution in [0.4, 0.5) is 0 Å². The minimum absolute atomic E-state index is 0.152. The van der Waals surface area contributed by atoms with E-state index >= 15 is 0 Å². The molecule has 0 spiro atoms. The van der Waals surface area contributed by atoms with E-state index in [1.54, 1.807) is 32.2 Å². The molecule has 0 radical (unpaired) electrons. The van der Waals surface area contributed by atoms with Gasteiger partial charge in [0.05, 0.1) is 0 Å². The third-order valence-corrected chi connectivity index (χ3v) is 3.55. The molecule has 0 fully saturated rings. The molecule has 1 aromatic carbocycles. The van der Waals surface area contributed by atoms with E-state index in [2.05, 4.69) is 10.3 Å². The molecule has 0 unspecified atom stereocenters. The van der Waals surface area contributed by atoms with E-state index < -0.39 is 0 Å². The van der Waals surface area contributed by atoms with Crippen molar-refractivity contribution in [3.63, 3.8) is 0 Å². The molecule has 2 aromatic rings. The lowest BCUT2D eigenvalue weighted by atomic mass is 10.0. The molecular formula is C17H20N2O2. The van der Waals surface area contributed by atoms with Crippen molar-refractivity contribution < 1.29 is 9.90 Å². The summed E-state index contributed by atoms with van der Waals surface area (Å²) in [4.78, 5) is 16.4. The number of benzene rings is 1. The number of aromatic hydroxyl groups is 1. The zero-order valence-corrected chi connectivity index (χ0v) is 12.8. The number of rotatable bonds is 3. The molecule has 2 N–H and O–H groups in total. The molecule has 0 aliphatic heterocycles. The summed E-state index contributed by atoms with van der Waals surface area (Å²) in [6, 6.07) is 5.38. The van der Waals surface area contributed by atoms with Gasteiger partial charge in [-0.25, -0.2) is 0 Å². The topological polar surface area (TPSA) is 62.2 Å². The standard InChI is InChI=1S/C17H20N2O2/c1-10-5-13(4)18-8-15(10)9-19-17(21)14-6-11(2)16(20)12(3)7-14/h5-8,20H,9H2,1-4H3,(H,19,21). The van der Waals surface area contributed by atoms with Gasteiger partial charge in [-0.2, -0.15) is 0 Å². The number of carbonyl (C=O) groups excluding carboxylic acids is 1. The molecule has 4 nitrogen and oxygen atoms in total. The second-order valence-electron chi connectivity index (χ2n) is 5.39. The number of hydrogen-bond donors (Lipinski definition) is 2. The third-order valence-electron chi connectivity index (χ3n) is 3.55. The zero-order chi connectivity index (χ0) is 15.6. The Morgan fingerprint density at radius 1 is 1.10 bits per heavy atom. The summed E-state index contributed by atoms with van der Waals surface area (Å²) in [5.74, 6) is 0.0892. The van der Waals surface area contributed by atoms with Gasteiger partial charge in [0.15, 0.2) is 0 Å². The van der Waals surface area contributed by atoms with Crippen molar-refractivity contribution in [2.24, 2.45) is 0 Å². The zero-order valence-electron chi connectivity index (χ0n) is 12.8. The van der Waals surface area contributed by atoms with Gasteiger partial charge in [0.25, 0.3) is 5.91 Å². The van der Waals surface area contributed by atoms with Crippen LogP contribution in [-0.4, -0.2) is 16.0 Å². The smallest absolute Gasteiger partial charge is 0.251 e. The van der Waals surface area contributed by atoms with Gasteiger partial charge >= 0.3 is 0 Å². The van der Waals surface area contributed by atoms with Crippen LogP contribution in [0.3, 0.4) is 0 Å². The molecule has 4 heteroatoms. The van der Waals surface area contributed by atoms with Crippen molar-refractivity contribution in [1.29, 1.82) is 0 Å². The average molecular weight is 284 g/mol. The monoisotopic (exact) mass is 284 g/mol. The SMILES string of the molecule is Cc1cc(C)c(CNC(=O)c2cc(C)c(O)c(C)c2)cn1. The molecule has 21 heavy (non-hydrogen) atoms. The molecule has 0 aliphatic carbocycles. The van der Waals surface area contributed by atoms with E-state index in [0.29, 0.717) is 23.2 Å². The van der Waals surface area contributed by atoms with Crippen molar-refractivity contribution in [2.75, 3.05) is 0 Å². The summed E-state index contributed by atoms with van der Waals surface area (Å²) in [6.45, 7) is 7.96. The first-order valence-corrected chi connectivity index (χ1v) is 6.89. The van der Waals surface area contributed by atoms with E-state index in [0.717, 1.165) is 16.8 Å². The van der Waals surface area contributed by atoms with Gasteiger partial charge < -0.3 is 10.4 Å². The van der Waals surface area contributed by atoms with Crippen LogP contribution < -0.4 is 5.32 Å². The Morgan fingerprint density at radius 2 is 1.71 bits per heavy atom. The molecule has 1 aromatic heterocycles. The summed E-state index contributed by atoms with van der Waals surface area (Å²) >= 11 is 0. The summed E-state index contributed by atoms with van der Waals surface area (Å²) in [5.41, 5.74) is 5.04. The second kappa shape index (κ2) is 5.95. The number of phenols is 1. The maximum Gasteiger partial charge on any atom is 0.251 e. The van der Waals surface area contributed by atoms with Crippen LogP contribution in [0.15, 0.2) is 24.4 Å². The first-order valence-electron chi connectivity index (χ1n) is 6.89. The largest absolute Gasteiger partial charge is 0.507 e. The molecule has 2 rings (SSSR count). The first kappa shape index (κ1) is 15.0. The fraction of sp³-hybridized carbons (Fsp3) is 0.294. The van der Waals surface area contributed by atoms with Gasteiger partial charge in [0.2, 0.25) is 0 Å². The first-order chi connectivity index (χ1) is 9.88. The Bertz CT molecular complexity index is 670. The number of phenolic OH excluding ortho intramolecular Hbond substituents is 1. The average Bonchev–Trinajstić information content (AvgIpc) is 2.43. The predicted molar refractivity (Wildman–Crippen MR) is 82.5 cm³/mol. The summed E-state index contributed by atoms with van der Waals surface area (Å²) in [6.07, 6.45) is 1.79. The normalized spacial score (nSPS) is 10.5. The van der Waals surface area contributed by atoms with E-state index in [4.69, 9.17) is 0 Å². The molecule has 0 saturated heterocycles. The maximum absolute atomic E-state index is 12.2. The van der Waals surface area contributed by atoms with E-state index in [9.17, 15) is 9.90 Å². The van der Waals surface area contributed by atoms with Gasteiger partial charge in [-0.3, -0.25) is 9.78 Å². The molecule has 0 atom stereocenters. The molecule has 110 valence electrons. The maximum atomic E-state index is 12.2. The van der Waals surface area contributed by atoms with Gasteiger partial charge in [0.1, 0.15) is 5.75 Å². The minimum Gasteiger partial charge on any atom is -0.507 e. The number of aromatic nitrogens is 1. The van der Waals surface area contributed by atoms with E-state index in [1.807, 2.05) is 19.9 Å². The van der Waals surface area contributed by atoms with Crippen LogP contribution in [0.25, 0.3) is 0 Å². The van der Waals surface area contributed by atoms with Crippen LogP contribution in [0.1, 0.15) is 38.3 Å². The van der Waals surface area contributed by atoms with Crippen molar-refractivity contribution in [3.05, 3.63) is 57.9 Å². The van der Waals surface area contributed by atoms with Crippen molar-refractivity contribution in [1.82, 2.24) is 10.3 Å². The lowest BCUT2D eigenvalue weighted by molar-refractivity contribution is 0.0950. The van der Waals surface area contributed by atoms with Crippen LogP contribution in [0, 0.1) is 27.7 Å². The number of hydrogen-bond acceptors (Lipinski definition) is 3. The molecular weight excluding hydrogens is 264 g/mol. The fourth-order valence-corrected chi connectivity index (χ4v) is 2.27. The number of amides is 1. The van der Waals surface area contributed by atoms with Crippen molar-refractivity contribution >= 4 is 5.91 Å². The number of nitrogens with one attached hydrogen (secondary N) is 1. The Labute approximate surface area is 124 Å². The van der Waals surface area contributed by atoms with Crippen LogP contribution in [0.2, 0.25) is 0 Å². The van der Waals surface area contributed by atoms with E-state index in [-0.39, 0.29) is 11.7 Å². The number of pyridine rings is 1. The lowest BCUT2D eigenvalue weighted by Crippen LogP contribution is -2.23. The Balaban J connectivity index is 2.12. The molecule has 1 heterocycles. The van der Waals surface area contributed by atoms with Gasteiger partial charge in [-0.15, -0.1) is 0 Å². The summed E-state index contributed by atoms with van der Waals surface area (Å²) in [7, 11) is 0. The molecule has 1 amide bonds. The Kier molecular flexibility index (Phi) is 4.26. The minimum atomic E-state index is -0.152. The predicted octanol–water partition coefficient (Wildman–Crippen LogP) is 2.95. The van der Waals surface area contributed by atoms with E-state index in [1.165, 1.54) is 0 Å². The highest BCUT2D eigenvalue weighted by atomic mass is 16.3. The fourth-order valence-electron chi connectivity index (χ4n) is 2.27. The number of carbonyl (C=O) groups is 1. The Hall–Kier alpha value is -2.36. The molecule has 0 bridgehead atoms. The second-order valence-corrected chi connectivity index (χ2v) is 5.39. The third kappa shape index (κ3) is 3.40. The van der Waals surface area contributed by atoms with Crippen LogP contribution in [-0.2, 0) is 6.54 Å². The van der Waals surface area contributed by atoms with Crippen LogP contribution >= 0.6 is 0 Å². The van der Waals surface area contributed by atoms with Gasteiger partial charge in [-0.1, -0.05) is 0 Å². The highest BCUT2D eigenvalue weighted by Gasteiger charge is 2.10. The number of nitrogens with zero attached hydrogens (tertiary/aromatic N) is 1. The summed E-state index contributed by atoms with van der Waals surface area (Å²) < 4.78 is 0.